The van der Waals surface area contributed by atoms with E-state index in [1.54, 1.807) is 50.2 Å². The summed E-state index contributed by atoms with van der Waals surface area (Å²) >= 11 is 0. The van der Waals surface area contributed by atoms with E-state index in [9.17, 15) is 13.2 Å². The van der Waals surface area contributed by atoms with Gasteiger partial charge in [-0.05, 0) is 37.3 Å². The monoisotopic (exact) mass is 406 g/mol. The average molecular weight is 407 g/mol. The fraction of sp³-hybridized carbons (Fsp3) is 0.350. The molecule has 0 saturated heterocycles. The smallest absolute Gasteiger partial charge is 0.263 e. The highest BCUT2D eigenvalue weighted by atomic mass is 32.2. The standard InChI is InChI=1S/C20H26N2O5S/c1-15(20(23)21(2)14-16-8-6-7-9-19(16)26-4)27-18-12-10-17(11-13-18)22(3)28(5,24)25/h6-13,15H,14H2,1-5H3/t15-/m1/s1. The highest BCUT2D eigenvalue weighted by molar-refractivity contribution is 7.92. The van der Waals surface area contributed by atoms with Crippen LogP contribution in [0.1, 0.15) is 12.5 Å². The SMILES string of the molecule is COc1ccccc1CN(C)C(=O)[C@@H](C)Oc1ccc(N(C)S(C)(=O)=O)cc1. The Kier molecular flexibility index (Phi) is 6.90. The molecule has 7 nitrogen and oxygen atoms in total. The van der Waals surface area contributed by atoms with Crippen LogP contribution >= 0.6 is 0 Å². The van der Waals surface area contributed by atoms with E-state index < -0.39 is 16.1 Å². The molecule has 1 atom stereocenters. The number of para-hydroxylation sites is 1. The number of carbonyl (C=O) groups excluding carboxylic acids is 1. The summed E-state index contributed by atoms with van der Waals surface area (Å²) in [6.45, 7) is 2.08. The lowest BCUT2D eigenvalue weighted by Gasteiger charge is -2.23. The minimum atomic E-state index is -3.33. The van der Waals surface area contributed by atoms with E-state index in [1.807, 2.05) is 24.3 Å². The van der Waals surface area contributed by atoms with Gasteiger partial charge in [-0.2, -0.15) is 0 Å². The van der Waals surface area contributed by atoms with Crippen molar-refractivity contribution in [2.75, 3.05) is 31.8 Å². The molecule has 0 N–H and O–H groups in total. The zero-order valence-corrected chi connectivity index (χ0v) is 17.6. The third-order valence-electron chi connectivity index (χ3n) is 4.33. The Bertz CT molecular complexity index is 912. The van der Waals surface area contributed by atoms with E-state index >= 15 is 0 Å². The lowest BCUT2D eigenvalue weighted by Crippen LogP contribution is -2.37. The summed E-state index contributed by atoms with van der Waals surface area (Å²) in [5.41, 5.74) is 1.42. The summed E-state index contributed by atoms with van der Waals surface area (Å²) in [4.78, 5) is 14.2. The zero-order chi connectivity index (χ0) is 20.9. The van der Waals surface area contributed by atoms with Crippen LogP contribution in [0, 0.1) is 0 Å². The Hall–Kier alpha value is -2.74. The first-order valence-electron chi connectivity index (χ1n) is 8.71. The number of methoxy groups -OCH3 is 1. The largest absolute Gasteiger partial charge is 0.496 e. The van der Waals surface area contributed by atoms with Gasteiger partial charge in [0.1, 0.15) is 11.5 Å². The second-order valence-electron chi connectivity index (χ2n) is 6.49. The van der Waals surface area contributed by atoms with E-state index in [4.69, 9.17) is 9.47 Å². The molecule has 0 aliphatic rings. The van der Waals surface area contributed by atoms with Crippen LogP contribution < -0.4 is 13.8 Å². The van der Waals surface area contributed by atoms with E-state index in [2.05, 4.69) is 0 Å². The number of carbonyl (C=O) groups is 1. The molecule has 0 fully saturated rings. The van der Waals surface area contributed by atoms with Crippen LogP contribution in [0.15, 0.2) is 48.5 Å². The summed E-state index contributed by atoms with van der Waals surface area (Å²) in [5, 5.41) is 0. The maximum Gasteiger partial charge on any atom is 0.263 e. The van der Waals surface area contributed by atoms with Crippen LogP contribution in [0.3, 0.4) is 0 Å². The van der Waals surface area contributed by atoms with Gasteiger partial charge in [-0.1, -0.05) is 18.2 Å². The molecule has 0 aliphatic carbocycles. The maximum atomic E-state index is 12.6. The first kappa shape index (κ1) is 21.6. The van der Waals surface area contributed by atoms with Crippen molar-refractivity contribution >= 4 is 21.6 Å². The number of hydrogen-bond donors (Lipinski definition) is 0. The summed E-state index contributed by atoms with van der Waals surface area (Å²) in [6, 6.07) is 14.1. The van der Waals surface area contributed by atoms with E-state index in [0.29, 0.717) is 18.0 Å². The van der Waals surface area contributed by atoms with Crippen LogP contribution in [-0.4, -0.2) is 52.8 Å². The van der Waals surface area contributed by atoms with Crippen molar-refractivity contribution in [3.63, 3.8) is 0 Å². The molecule has 8 heteroatoms. The number of anilines is 1. The normalized spacial score (nSPS) is 12.2. The molecule has 1 amide bonds. The second-order valence-corrected chi connectivity index (χ2v) is 8.50. The number of sulfonamides is 1. The van der Waals surface area contributed by atoms with Gasteiger partial charge in [0.25, 0.3) is 5.91 Å². The van der Waals surface area contributed by atoms with Gasteiger partial charge in [-0.15, -0.1) is 0 Å². The Morgan fingerprint density at radius 1 is 1.07 bits per heavy atom. The molecule has 0 heterocycles. The molecule has 152 valence electrons. The van der Waals surface area contributed by atoms with Gasteiger partial charge in [0, 0.05) is 26.2 Å². The van der Waals surface area contributed by atoms with Crippen molar-refractivity contribution in [2.45, 2.75) is 19.6 Å². The van der Waals surface area contributed by atoms with Crippen molar-refractivity contribution in [2.24, 2.45) is 0 Å². The Labute approximate surface area is 166 Å². The molecule has 0 saturated carbocycles. The quantitative estimate of drug-likeness (QED) is 0.673. The van der Waals surface area contributed by atoms with Crippen LogP contribution in [0.4, 0.5) is 5.69 Å². The minimum Gasteiger partial charge on any atom is -0.496 e. The topological polar surface area (TPSA) is 76.2 Å². The van der Waals surface area contributed by atoms with Crippen LogP contribution in [0.2, 0.25) is 0 Å². The predicted molar refractivity (Wildman–Crippen MR) is 109 cm³/mol. The van der Waals surface area contributed by atoms with Gasteiger partial charge >= 0.3 is 0 Å². The molecule has 2 rings (SSSR count). The number of benzene rings is 2. The van der Waals surface area contributed by atoms with Crippen molar-refractivity contribution in [3.05, 3.63) is 54.1 Å². The average Bonchev–Trinajstić information content (AvgIpc) is 2.67. The Morgan fingerprint density at radius 3 is 2.25 bits per heavy atom. The molecule has 0 bridgehead atoms. The van der Waals surface area contributed by atoms with Crippen molar-refractivity contribution in [3.8, 4) is 11.5 Å². The third kappa shape index (κ3) is 5.39. The molecule has 0 radical (unpaired) electrons. The number of nitrogens with zero attached hydrogens (tertiary/aromatic N) is 2. The molecular formula is C20H26N2O5S. The fourth-order valence-electron chi connectivity index (χ4n) is 2.66. The first-order chi connectivity index (χ1) is 13.1. The van der Waals surface area contributed by atoms with Crippen LogP contribution in [0.25, 0.3) is 0 Å². The number of amides is 1. The van der Waals surface area contributed by atoms with Crippen molar-refractivity contribution < 1.29 is 22.7 Å². The molecule has 0 unspecified atom stereocenters. The molecular weight excluding hydrogens is 380 g/mol. The summed E-state index contributed by atoms with van der Waals surface area (Å²) in [5.74, 6) is 1.03. The molecule has 0 aliphatic heterocycles. The highest BCUT2D eigenvalue weighted by Crippen LogP contribution is 2.22. The number of ether oxygens (including phenoxy) is 2. The van der Waals surface area contributed by atoms with Crippen molar-refractivity contribution in [1.82, 2.24) is 4.90 Å². The van der Waals surface area contributed by atoms with Crippen LogP contribution in [0.5, 0.6) is 11.5 Å². The minimum absolute atomic E-state index is 0.178. The van der Waals surface area contributed by atoms with E-state index in [-0.39, 0.29) is 5.91 Å². The van der Waals surface area contributed by atoms with Gasteiger partial charge in [-0.25, -0.2) is 8.42 Å². The Balaban J connectivity index is 2.01. The van der Waals surface area contributed by atoms with E-state index in [0.717, 1.165) is 17.6 Å². The second kappa shape index (κ2) is 8.97. The first-order valence-corrected chi connectivity index (χ1v) is 10.6. The molecule has 0 aromatic heterocycles. The van der Waals surface area contributed by atoms with Gasteiger partial charge in [0.15, 0.2) is 6.10 Å². The van der Waals surface area contributed by atoms with Crippen LogP contribution in [-0.2, 0) is 21.4 Å². The summed E-state index contributed by atoms with van der Waals surface area (Å²) < 4.78 is 35.4. The predicted octanol–water partition coefficient (Wildman–Crippen LogP) is 2.52. The fourth-order valence-corrected chi connectivity index (χ4v) is 3.16. The molecule has 28 heavy (non-hydrogen) atoms. The molecule has 0 spiro atoms. The van der Waals surface area contributed by atoms with E-state index in [1.165, 1.54) is 11.4 Å². The molecule has 2 aromatic carbocycles. The number of hydrogen-bond acceptors (Lipinski definition) is 5. The Morgan fingerprint density at radius 2 is 1.68 bits per heavy atom. The number of rotatable bonds is 8. The van der Waals surface area contributed by atoms with Gasteiger partial charge < -0.3 is 14.4 Å². The molecule has 2 aromatic rings. The van der Waals surface area contributed by atoms with Gasteiger partial charge in [-0.3, -0.25) is 9.10 Å². The summed E-state index contributed by atoms with van der Waals surface area (Å²) in [7, 11) is 1.45. The zero-order valence-electron chi connectivity index (χ0n) is 16.7. The third-order valence-corrected chi connectivity index (χ3v) is 5.54. The lowest BCUT2D eigenvalue weighted by atomic mass is 10.2. The van der Waals surface area contributed by atoms with Gasteiger partial charge in [0.05, 0.1) is 19.1 Å². The summed E-state index contributed by atoms with van der Waals surface area (Å²) in [6.07, 6.45) is 0.439. The highest BCUT2D eigenvalue weighted by Gasteiger charge is 2.20. The number of likely N-dealkylation sites (N-methyl/N-ethyl adjacent to an activating group) is 1. The van der Waals surface area contributed by atoms with Crippen molar-refractivity contribution in [1.29, 1.82) is 0 Å². The lowest BCUT2D eigenvalue weighted by molar-refractivity contribution is -0.137. The van der Waals surface area contributed by atoms with Gasteiger partial charge in [0.2, 0.25) is 10.0 Å². The maximum absolute atomic E-state index is 12.6.